The standard InChI is InChI=1S/C9H8Br2O2/c10-7-3-6(4-8(11)5-7)9-12-1-2-13-9/h3-5,9H,1-2H2. The number of hydrogen-bond donors (Lipinski definition) is 0. The second-order valence-corrected chi connectivity index (χ2v) is 4.61. The predicted octanol–water partition coefficient (Wildman–Crippen LogP) is 3.26. The van der Waals surface area contributed by atoms with E-state index in [1.807, 2.05) is 18.2 Å². The topological polar surface area (TPSA) is 18.5 Å². The molecule has 0 spiro atoms. The van der Waals surface area contributed by atoms with E-state index in [-0.39, 0.29) is 6.29 Å². The van der Waals surface area contributed by atoms with Crippen molar-refractivity contribution in [1.29, 1.82) is 0 Å². The number of hydrogen-bond acceptors (Lipinski definition) is 2. The van der Waals surface area contributed by atoms with E-state index in [0.717, 1.165) is 14.5 Å². The zero-order valence-corrected chi connectivity index (χ0v) is 9.97. The summed E-state index contributed by atoms with van der Waals surface area (Å²) in [4.78, 5) is 0. The van der Waals surface area contributed by atoms with Gasteiger partial charge in [-0.25, -0.2) is 0 Å². The van der Waals surface area contributed by atoms with Gasteiger partial charge in [0.05, 0.1) is 13.2 Å². The van der Waals surface area contributed by atoms with Crippen LogP contribution < -0.4 is 0 Å². The highest BCUT2D eigenvalue weighted by Crippen LogP contribution is 2.28. The van der Waals surface area contributed by atoms with Gasteiger partial charge in [-0.2, -0.15) is 0 Å². The van der Waals surface area contributed by atoms with Gasteiger partial charge in [0, 0.05) is 14.5 Å². The second kappa shape index (κ2) is 4.09. The highest BCUT2D eigenvalue weighted by atomic mass is 79.9. The summed E-state index contributed by atoms with van der Waals surface area (Å²) >= 11 is 6.84. The van der Waals surface area contributed by atoms with E-state index < -0.39 is 0 Å². The first-order valence-electron chi connectivity index (χ1n) is 3.95. The highest BCUT2D eigenvalue weighted by Gasteiger charge is 2.18. The highest BCUT2D eigenvalue weighted by molar-refractivity contribution is 9.11. The average molecular weight is 308 g/mol. The molecule has 2 nitrogen and oxygen atoms in total. The zero-order chi connectivity index (χ0) is 9.26. The van der Waals surface area contributed by atoms with Crippen LogP contribution in [0.2, 0.25) is 0 Å². The van der Waals surface area contributed by atoms with Crippen LogP contribution in [0.3, 0.4) is 0 Å². The molecule has 0 amide bonds. The van der Waals surface area contributed by atoms with Crippen molar-refractivity contribution >= 4 is 31.9 Å². The van der Waals surface area contributed by atoms with Crippen LogP contribution in [0.5, 0.6) is 0 Å². The van der Waals surface area contributed by atoms with Crippen molar-refractivity contribution in [2.24, 2.45) is 0 Å². The van der Waals surface area contributed by atoms with Gasteiger partial charge in [0.1, 0.15) is 0 Å². The first-order valence-corrected chi connectivity index (χ1v) is 5.53. The Balaban J connectivity index is 2.28. The molecular weight excluding hydrogens is 300 g/mol. The fourth-order valence-electron chi connectivity index (χ4n) is 1.26. The molecule has 0 N–H and O–H groups in total. The van der Waals surface area contributed by atoms with Crippen molar-refractivity contribution in [3.63, 3.8) is 0 Å². The molecule has 1 saturated heterocycles. The van der Waals surface area contributed by atoms with Gasteiger partial charge in [-0.1, -0.05) is 31.9 Å². The molecule has 1 aromatic rings. The summed E-state index contributed by atoms with van der Waals surface area (Å²) in [5, 5.41) is 0. The van der Waals surface area contributed by atoms with Crippen LogP contribution in [-0.4, -0.2) is 13.2 Å². The van der Waals surface area contributed by atoms with Crippen molar-refractivity contribution < 1.29 is 9.47 Å². The van der Waals surface area contributed by atoms with E-state index in [1.165, 1.54) is 0 Å². The smallest absolute Gasteiger partial charge is 0.184 e. The van der Waals surface area contributed by atoms with Gasteiger partial charge in [0.25, 0.3) is 0 Å². The maximum absolute atomic E-state index is 5.39. The molecular formula is C9H8Br2O2. The Hall–Kier alpha value is 0.1000. The van der Waals surface area contributed by atoms with Gasteiger partial charge < -0.3 is 9.47 Å². The third-order valence-electron chi connectivity index (χ3n) is 1.78. The molecule has 0 bridgehead atoms. The Morgan fingerprint density at radius 1 is 1.00 bits per heavy atom. The van der Waals surface area contributed by atoms with E-state index >= 15 is 0 Å². The van der Waals surface area contributed by atoms with Crippen molar-refractivity contribution in [2.45, 2.75) is 6.29 Å². The minimum Gasteiger partial charge on any atom is -0.346 e. The van der Waals surface area contributed by atoms with Crippen LogP contribution in [-0.2, 0) is 9.47 Å². The minimum atomic E-state index is -0.200. The quantitative estimate of drug-likeness (QED) is 0.793. The maximum Gasteiger partial charge on any atom is 0.184 e. The summed E-state index contributed by atoms with van der Waals surface area (Å²) in [5.74, 6) is 0. The van der Waals surface area contributed by atoms with Crippen LogP contribution >= 0.6 is 31.9 Å². The van der Waals surface area contributed by atoms with Crippen LogP contribution in [0.4, 0.5) is 0 Å². The van der Waals surface area contributed by atoms with Gasteiger partial charge >= 0.3 is 0 Å². The molecule has 0 aliphatic carbocycles. The zero-order valence-electron chi connectivity index (χ0n) is 6.80. The molecule has 1 fully saturated rings. The lowest BCUT2D eigenvalue weighted by atomic mass is 10.2. The number of benzene rings is 1. The number of ether oxygens (including phenoxy) is 2. The van der Waals surface area contributed by atoms with E-state index in [2.05, 4.69) is 31.9 Å². The summed E-state index contributed by atoms with van der Waals surface area (Å²) in [5.41, 5.74) is 1.04. The molecule has 1 aliphatic heterocycles. The van der Waals surface area contributed by atoms with Gasteiger partial charge in [0.15, 0.2) is 6.29 Å². The Bertz CT molecular complexity index is 288. The van der Waals surface area contributed by atoms with Gasteiger partial charge in [-0.05, 0) is 18.2 Å². The predicted molar refractivity (Wildman–Crippen MR) is 56.5 cm³/mol. The first-order chi connectivity index (χ1) is 6.25. The van der Waals surface area contributed by atoms with E-state index in [1.54, 1.807) is 0 Å². The van der Waals surface area contributed by atoms with Crippen LogP contribution in [0.25, 0.3) is 0 Å². The van der Waals surface area contributed by atoms with Crippen molar-refractivity contribution in [3.8, 4) is 0 Å². The molecule has 1 heterocycles. The lowest BCUT2D eigenvalue weighted by Crippen LogP contribution is -1.97. The fraction of sp³-hybridized carbons (Fsp3) is 0.333. The molecule has 0 saturated carbocycles. The van der Waals surface area contributed by atoms with Gasteiger partial charge in [-0.3, -0.25) is 0 Å². The summed E-state index contributed by atoms with van der Waals surface area (Å²) < 4.78 is 12.8. The van der Waals surface area contributed by atoms with Crippen molar-refractivity contribution in [3.05, 3.63) is 32.7 Å². The monoisotopic (exact) mass is 306 g/mol. The van der Waals surface area contributed by atoms with Crippen LogP contribution in [0.15, 0.2) is 27.1 Å². The Labute approximate surface area is 93.5 Å². The third kappa shape index (κ3) is 2.31. The van der Waals surface area contributed by atoms with E-state index in [4.69, 9.17) is 9.47 Å². The molecule has 0 atom stereocenters. The molecule has 13 heavy (non-hydrogen) atoms. The maximum atomic E-state index is 5.39. The van der Waals surface area contributed by atoms with Gasteiger partial charge in [-0.15, -0.1) is 0 Å². The second-order valence-electron chi connectivity index (χ2n) is 2.78. The Kier molecular flexibility index (Phi) is 3.03. The Morgan fingerprint density at radius 2 is 1.54 bits per heavy atom. The van der Waals surface area contributed by atoms with Gasteiger partial charge in [0.2, 0.25) is 0 Å². The first kappa shape index (κ1) is 9.65. The van der Waals surface area contributed by atoms with Crippen LogP contribution in [0.1, 0.15) is 11.9 Å². The molecule has 70 valence electrons. The molecule has 4 heteroatoms. The Morgan fingerprint density at radius 3 is 2.08 bits per heavy atom. The summed E-state index contributed by atoms with van der Waals surface area (Å²) in [6.45, 7) is 1.35. The third-order valence-corrected chi connectivity index (χ3v) is 2.69. The normalized spacial score (nSPS) is 18.0. The molecule has 1 aromatic carbocycles. The minimum absolute atomic E-state index is 0.200. The lowest BCUT2D eigenvalue weighted by molar-refractivity contribution is -0.0441. The van der Waals surface area contributed by atoms with E-state index in [9.17, 15) is 0 Å². The van der Waals surface area contributed by atoms with Crippen molar-refractivity contribution in [2.75, 3.05) is 13.2 Å². The van der Waals surface area contributed by atoms with Crippen molar-refractivity contribution in [1.82, 2.24) is 0 Å². The summed E-state index contributed by atoms with van der Waals surface area (Å²) in [6.07, 6.45) is -0.200. The largest absolute Gasteiger partial charge is 0.346 e. The summed E-state index contributed by atoms with van der Waals surface area (Å²) in [7, 11) is 0. The molecule has 2 rings (SSSR count). The number of rotatable bonds is 1. The summed E-state index contributed by atoms with van der Waals surface area (Å²) in [6, 6.07) is 5.99. The fourth-order valence-corrected chi connectivity index (χ4v) is 2.59. The average Bonchev–Trinajstić information content (AvgIpc) is 2.53. The molecule has 0 unspecified atom stereocenters. The molecule has 0 aromatic heterocycles. The molecule has 0 radical (unpaired) electrons. The van der Waals surface area contributed by atoms with Crippen LogP contribution in [0, 0.1) is 0 Å². The lowest BCUT2D eigenvalue weighted by Gasteiger charge is -2.09. The number of halogens is 2. The SMILES string of the molecule is Brc1cc(Br)cc(C2OCCO2)c1. The molecule has 1 aliphatic rings. The van der Waals surface area contributed by atoms with E-state index in [0.29, 0.717) is 13.2 Å².